The van der Waals surface area contributed by atoms with Gasteiger partial charge < -0.3 is 10.2 Å². The lowest BCUT2D eigenvalue weighted by Crippen LogP contribution is -2.45. The molecule has 162 valence electrons. The molecule has 0 aliphatic carbocycles. The Morgan fingerprint density at radius 2 is 1.76 bits per heavy atom. The Hall–Kier alpha value is -2.05. The SMILES string of the molecule is CNC(=O)CS(=O)(=O)C1CCN(C(=O)CCNS(=O)(=O)c2ccccc2F)CC1. The number of rotatable bonds is 8. The number of carbonyl (C=O) groups excluding carboxylic acids is 2. The largest absolute Gasteiger partial charge is 0.358 e. The fourth-order valence-corrected chi connectivity index (χ4v) is 5.81. The number of nitrogens with one attached hydrogen (secondary N) is 2. The van der Waals surface area contributed by atoms with Gasteiger partial charge in [0, 0.05) is 33.1 Å². The predicted molar refractivity (Wildman–Crippen MR) is 104 cm³/mol. The van der Waals surface area contributed by atoms with Crippen molar-refractivity contribution in [1.29, 1.82) is 0 Å². The summed E-state index contributed by atoms with van der Waals surface area (Å²) in [6.45, 7) is 0.206. The summed E-state index contributed by atoms with van der Waals surface area (Å²) in [4.78, 5) is 24.6. The van der Waals surface area contributed by atoms with Crippen LogP contribution in [0.25, 0.3) is 0 Å². The first-order valence-corrected chi connectivity index (χ1v) is 12.2. The Balaban J connectivity index is 1.83. The highest BCUT2D eigenvalue weighted by molar-refractivity contribution is 7.92. The van der Waals surface area contributed by atoms with Crippen LogP contribution in [0.5, 0.6) is 0 Å². The Labute approximate surface area is 169 Å². The molecule has 1 saturated heterocycles. The summed E-state index contributed by atoms with van der Waals surface area (Å²) in [6, 6.07) is 4.92. The summed E-state index contributed by atoms with van der Waals surface area (Å²) in [7, 11) is -6.30. The maximum absolute atomic E-state index is 13.6. The molecule has 0 atom stereocenters. The number of carbonyl (C=O) groups is 2. The third-order valence-corrected chi connectivity index (χ3v) is 8.32. The van der Waals surface area contributed by atoms with E-state index in [1.165, 1.54) is 24.1 Å². The zero-order valence-electron chi connectivity index (χ0n) is 15.9. The van der Waals surface area contributed by atoms with Gasteiger partial charge in [0.25, 0.3) is 0 Å². The number of hydrogen-bond donors (Lipinski definition) is 2. The lowest BCUT2D eigenvalue weighted by Gasteiger charge is -2.31. The Bertz CT molecular complexity index is 957. The van der Waals surface area contributed by atoms with Crippen LogP contribution >= 0.6 is 0 Å². The van der Waals surface area contributed by atoms with Gasteiger partial charge in [-0.05, 0) is 25.0 Å². The standard InChI is InChI=1S/C17H24FN3O6S2/c1-19-16(22)12-28(24,25)13-7-10-21(11-8-13)17(23)6-9-20-29(26,27)15-5-3-2-4-14(15)18/h2-5,13,20H,6-12H2,1H3,(H,19,22). The van der Waals surface area contributed by atoms with E-state index in [-0.39, 0.29) is 44.8 Å². The van der Waals surface area contributed by atoms with E-state index < -0.39 is 47.5 Å². The van der Waals surface area contributed by atoms with E-state index in [2.05, 4.69) is 10.0 Å². The fraction of sp³-hybridized carbons (Fsp3) is 0.529. The minimum absolute atomic E-state index is 0.136. The van der Waals surface area contributed by atoms with Gasteiger partial charge in [0.15, 0.2) is 9.84 Å². The Morgan fingerprint density at radius 1 is 1.14 bits per heavy atom. The van der Waals surface area contributed by atoms with Crippen LogP contribution in [0, 0.1) is 5.82 Å². The minimum Gasteiger partial charge on any atom is -0.358 e. The van der Waals surface area contributed by atoms with E-state index in [0.717, 1.165) is 12.1 Å². The number of sulfone groups is 1. The van der Waals surface area contributed by atoms with Crippen molar-refractivity contribution in [1.82, 2.24) is 14.9 Å². The summed E-state index contributed by atoms with van der Waals surface area (Å²) in [5.41, 5.74) is 0. The topological polar surface area (TPSA) is 130 Å². The van der Waals surface area contributed by atoms with Gasteiger partial charge >= 0.3 is 0 Å². The van der Waals surface area contributed by atoms with Crippen molar-refractivity contribution in [3.8, 4) is 0 Å². The molecule has 1 aliphatic rings. The van der Waals surface area contributed by atoms with E-state index >= 15 is 0 Å². The van der Waals surface area contributed by atoms with E-state index in [1.807, 2.05) is 0 Å². The van der Waals surface area contributed by atoms with Gasteiger partial charge in [0.05, 0.1) is 5.25 Å². The molecule has 2 N–H and O–H groups in total. The third kappa shape index (κ3) is 6.21. The van der Waals surface area contributed by atoms with Gasteiger partial charge in [-0.3, -0.25) is 9.59 Å². The van der Waals surface area contributed by atoms with Gasteiger partial charge in [-0.2, -0.15) is 0 Å². The lowest BCUT2D eigenvalue weighted by atomic mass is 10.1. The summed E-state index contributed by atoms with van der Waals surface area (Å²) >= 11 is 0. The van der Waals surface area contributed by atoms with Crippen LogP contribution < -0.4 is 10.0 Å². The van der Waals surface area contributed by atoms with Crippen LogP contribution in [0.2, 0.25) is 0 Å². The summed E-state index contributed by atoms with van der Waals surface area (Å²) in [5.74, 6) is -2.37. The minimum atomic E-state index is -4.07. The van der Waals surface area contributed by atoms with Crippen molar-refractivity contribution >= 4 is 31.7 Å². The molecule has 1 aromatic rings. The number of benzene rings is 1. The first-order valence-electron chi connectivity index (χ1n) is 9.01. The second-order valence-corrected chi connectivity index (χ2v) is 10.7. The van der Waals surface area contributed by atoms with Gasteiger partial charge in [-0.15, -0.1) is 0 Å². The van der Waals surface area contributed by atoms with Crippen LogP contribution in [0.15, 0.2) is 29.2 Å². The smallest absolute Gasteiger partial charge is 0.243 e. The molecule has 2 rings (SSSR count). The molecule has 0 radical (unpaired) electrons. The molecule has 1 aliphatic heterocycles. The number of piperidine rings is 1. The number of nitrogens with zero attached hydrogens (tertiary/aromatic N) is 1. The highest BCUT2D eigenvalue weighted by atomic mass is 32.2. The number of sulfonamides is 1. The molecule has 0 unspecified atom stereocenters. The molecular formula is C17H24FN3O6S2. The average Bonchev–Trinajstić information content (AvgIpc) is 2.67. The highest BCUT2D eigenvalue weighted by Crippen LogP contribution is 2.19. The molecule has 12 heteroatoms. The van der Waals surface area contributed by atoms with E-state index in [4.69, 9.17) is 0 Å². The molecule has 0 saturated carbocycles. The second-order valence-electron chi connectivity index (χ2n) is 6.64. The van der Waals surface area contributed by atoms with Crippen molar-refractivity contribution in [2.24, 2.45) is 0 Å². The van der Waals surface area contributed by atoms with Crippen molar-refractivity contribution in [3.05, 3.63) is 30.1 Å². The van der Waals surface area contributed by atoms with Crippen LogP contribution in [-0.4, -0.2) is 71.2 Å². The number of hydrogen-bond acceptors (Lipinski definition) is 6. The van der Waals surface area contributed by atoms with Crippen LogP contribution in [0.4, 0.5) is 4.39 Å². The summed E-state index contributed by atoms with van der Waals surface area (Å²) < 4.78 is 64.4. The monoisotopic (exact) mass is 449 g/mol. The van der Waals surface area contributed by atoms with E-state index in [0.29, 0.717) is 0 Å². The fourth-order valence-electron chi connectivity index (χ4n) is 3.03. The second kappa shape index (κ2) is 9.63. The quantitative estimate of drug-likeness (QED) is 0.558. The van der Waals surface area contributed by atoms with Gasteiger partial charge in [0.1, 0.15) is 16.5 Å². The maximum atomic E-state index is 13.6. The average molecular weight is 450 g/mol. The third-order valence-electron chi connectivity index (χ3n) is 4.67. The zero-order valence-corrected chi connectivity index (χ0v) is 17.6. The van der Waals surface area contributed by atoms with Crippen LogP contribution in [-0.2, 0) is 29.4 Å². The first-order chi connectivity index (χ1) is 13.6. The molecule has 0 bridgehead atoms. The first kappa shape index (κ1) is 23.2. The summed E-state index contributed by atoms with van der Waals surface area (Å²) in [6.07, 6.45) is 0.293. The van der Waals surface area contributed by atoms with Crippen LogP contribution in [0.1, 0.15) is 19.3 Å². The van der Waals surface area contributed by atoms with Gasteiger partial charge in [0.2, 0.25) is 21.8 Å². The van der Waals surface area contributed by atoms with Crippen molar-refractivity contribution in [3.63, 3.8) is 0 Å². The van der Waals surface area contributed by atoms with E-state index in [9.17, 15) is 30.8 Å². The molecule has 0 aromatic heterocycles. The molecule has 2 amide bonds. The Kier molecular flexibility index (Phi) is 7.72. The molecule has 1 heterocycles. The molecule has 1 aromatic carbocycles. The van der Waals surface area contributed by atoms with Crippen molar-refractivity contribution < 1.29 is 30.8 Å². The van der Waals surface area contributed by atoms with Crippen LogP contribution in [0.3, 0.4) is 0 Å². The Morgan fingerprint density at radius 3 is 2.34 bits per heavy atom. The maximum Gasteiger partial charge on any atom is 0.243 e. The van der Waals surface area contributed by atoms with Gasteiger partial charge in [-0.25, -0.2) is 25.9 Å². The predicted octanol–water partition coefficient (Wildman–Crippen LogP) is -0.354. The summed E-state index contributed by atoms with van der Waals surface area (Å²) in [5, 5.41) is 1.58. The van der Waals surface area contributed by atoms with Crippen molar-refractivity contribution in [2.75, 3.05) is 32.4 Å². The normalized spacial score (nSPS) is 15.9. The molecule has 0 spiro atoms. The molecule has 9 nitrogen and oxygen atoms in total. The van der Waals surface area contributed by atoms with E-state index in [1.54, 1.807) is 0 Å². The lowest BCUT2D eigenvalue weighted by molar-refractivity contribution is -0.131. The highest BCUT2D eigenvalue weighted by Gasteiger charge is 2.32. The number of likely N-dealkylation sites (tertiary alicyclic amines) is 1. The molecule has 1 fully saturated rings. The number of amides is 2. The number of halogens is 1. The van der Waals surface area contributed by atoms with Crippen molar-refractivity contribution in [2.45, 2.75) is 29.4 Å². The molecule has 29 heavy (non-hydrogen) atoms. The van der Waals surface area contributed by atoms with Gasteiger partial charge in [-0.1, -0.05) is 12.1 Å². The zero-order chi connectivity index (χ0) is 21.7. The molecular weight excluding hydrogens is 425 g/mol.